The van der Waals surface area contributed by atoms with Gasteiger partial charge in [0.05, 0.1) is 6.04 Å². The van der Waals surface area contributed by atoms with Crippen molar-refractivity contribution in [1.82, 2.24) is 19.8 Å². The van der Waals surface area contributed by atoms with Gasteiger partial charge in [-0.05, 0) is 24.3 Å². The van der Waals surface area contributed by atoms with Crippen LogP contribution in [0, 0.1) is 0 Å². The van der Waals surface area contributed by atoms with Gasteiger partial charge in [-0.3, -0.25) is 4.90 Å². The molecule has 2 heterocycles. The lowest BCUT2D eigenvalue weighted by Gasteiger charge is -2.35. The zero-order chi connectivity index (χ0) is 15.4. The molecule has 0 spiro atoms. The third-order valence-corrected chi connectivity index (χ3v) is 4.22. The molecule has 1 aliphatic heterocycles. The first-order chi connectivity index (χ1) is 10.7. The Balaban J connectivity index is 1.58. The van der Waals surface area contributed by atoms with Crippen molar-refractivity contribution in [2.24, 2.45) is 7.05 Å². The van der Waals surface area contributed by atoms with Crippen LogP contribution in [-0.4, -0.2) is 47.2 Å². The summed E-state index contributed by atoms with van der Waals surface area (Å²) in [5.74, 6) is 1.95. The van der Waals surface area contributed by atoms with Crippen molar-refractivity contribution in [2.75, 3.05) is 32.8 Å². The predicted octanol–water partition coefficient (Wildman–Crippen LogP) is 2.10. The molecule has 1 saturated heterocycles. The zero-order valence-corrected chi connectivity index (χ0v) is 13.5. The van der Waals surface area contributed by atoms with Crippen molar-refractivity contribution < 1.29 is 4.74 Å². The second-order valence-corrected chi connectivity index (χ2v) is 5.89. The molecule has 6 heteroatoms. The Morgan fingerprint density at radius 1 is 1.36 bits per heavy atom. The first kappa shape index (κ1) is 15.3. The van der Waals surface area contributed by atoms with E-state index in [4.69, 9.17) is 16.3 Å². The highest BCUT2D eigenvalue weighted by Gasteiger charge is 2.26. The second-order valence-electron chi connectivity index (χ2n) is 5.45. The maximum atomic E-state index is 5.88. The molecule has 0 bridgehead atoms. The minimum atomic E-state index is 0.294. The number of piperazine rings is 1. The van der Waals surface area contributed by atoms with Crippen LogP contribution in [0.3, 0.4) is 0 Å². The molecule has 0 radical (unpaired) electrons. The molecule has 118 valence electrons. The van der Waals surface area contributed by atoms with E-state index in [-0.39, 0.29) is 0 Å². The molecule has 3 rings (SSSR count). The predicted molar refractivity (Wildman–Crippen MR) is 87.3 cm³/mol. The molecule has 1 unspecified atom stereocenters. The van der Waals surface area contributed by atoms with Gasteiger partial charge in [0, 0.05) is 50.6 Å². The average Bonchev–Trinajstić information content (AvgIpc) is 2.96. The van der Waals surface area contributed by atoms with E-state index in [2.05, 4.69) is 19.8 Å². The third kappa shape index (κ3) is 3.61. The summed E-state index contributed by atoms with van der Waals surface area (Å²) in [5, 5.41) is 4.17. The minimum absolute atomic E-state index is 0.294. The Morgan fingerprint density at radius 3 is 2.91 bits per heavy atom. The smallest absolute Gasteiger partial charge is 0.127 e. The first-order valence-electron chi connectivity index (χ1n) is 7.54. The molecule has 22 heavy (non-hydrogen) atoms. The number of imidazole rings is 1. The van der Waals surface area contributed by atoms with E-state index in [0.717, 1.165) is 42.8 Å². The summed E-state index contributed by atoms with van der Waals surface area (Å²) >= 11 is 5.88. The highest BCUT2D eigenvalue weighted by Crippen LogP contribution is 2.20. The number of nitrogens with zero attached hydrogens (tertiary/aromatic N) is 3. The number of aromatic nitrogens is 2. The molecule has 2 aromatic rings. The summed E-state index contributed by atoms with van der Waals surface area (Å²) in [4.78, 5) is 6.92. The Bertz CT molecular complexity index is 598. The van der Waals surface area contributed by atoms with E-state index in [9.17, 15) is 0 Å². The summed E-state index contributed by atoms with van der Waals surface area (Å²) in [6.45, 7) is 4.46. The van der Waals surface area contributed by atoms with Crippen LogP contribution in [0.5, 0.6) is 5.75 Å². The van der Waals surface area contributed by atoms with Gasteiger partial charge in [-0.2, -0.15) is 0 Å². The van der Waals surface area contributed by atoms with Crippen molar-refractivity contribution in [1.29, 1.82) is 0 Å². The molecule has 1 fully saturated rings. The number of ether oxygens (including phenoxy) is 1. The van der Waals surface area contributed by atoms with Gasteiger partial charge < -0.3 is 14.6 Å². The number of hydrogen-bond donors (Lipinski definition) is 1. The maximum Gasteiger partial charge on any atom is 0.127 e. The third-order valence-electron chi connectivity index (χ3n) is 3.97. The Morgan fingerprint density at radius 2 is 2.18 bits per heavy atom. The lowest BCUT2D eigenvalue weighted by molar-refractivity contribution is 0.127. The molecule has 1 aliphatic rings. The quantitative estimate of drug-likeness (QED) is 0.916. The van der Waals surface area contributed by atoms with Gasteiger partial charge in [0.25, 0.3) is 0 Å². The number of hydrogen-bond acceptors (Lipinski definition) is 4. The van der Waals surface area contributed by atoms with E-state index in [1.165, 1.54) is 0 Å². The van der Waals surface area contributed by atoms with Crippen LogP contribution < -0.4 is 10.1 Å². The molecule has 0 amide bonds. The van der Waals surface area contributed by atoms with Crippen molar-refractivity contribution in [3.63, 3.8) is 0 Å². The summed E-state index contributed by atoms with van der Waals surface area (Å²) in [6.07, 6.45) is 3.85. The second kappa shape index (κ2) is 7.13. The fourth-order valence-corrected chi connectivity index (χ4v) is 2.90. The van der Waals surface area contributed by atoms with Crippen molar-refractivity contribution in [3.8, 4) is 5.75 Å². The molecule has 1 aromatic heterocycles. The minimum Gasteiger partial charge on any atom is -0.492 e. The summed E-state index contributed by atoms with van der Waals surface area (Å²) in [7, 11) is 2.04. The van der Waals surface area contributed by atoms with Gasteiger partial charge in [0.2, 0.25) is 0 Å². The highest BCUT2D eigenvalue weighted by atomic mass is 35.5. The van der Waals surface area contributed by atoms with E-state index in [0.29, 0.717) is 12.6 Å². The number of halogens is 1. The van der Waals surface area contributed by atoms with Gasteiger partial charge in [-0.15, -0.1) is 0 Å². The molecule has 1 aromatic carbocycles. The van der Waals surface area contributed by atoms with Crippen LogP contribution in [0.15, 0.2) is 36.7 Å². The van der Waals surface area contributed by atoms with Crippen LogP contribution in [-0.2, 0) is 7.05 Å². The summed E-state index contributed by atoms with van der Waals surface area (Å²) in [5.41, 5.74) is 0. The van der Waals surface area contributed by atoms with Crippen LogP contribution in [0.1, 0.15) is 11.9 Å². The number of nitrogens with one attached hydrogen (secondary N) is 1. The first-order valence-corrected chi connectivity index (χ1v) is 7.92. The molecule has 0 aliphatic carbocycles. The molecule has 0 saturated carbocycles. The van der Waals surface area contributed by atoms with Gasteiger partial charge in [-0.25, -0.2) is 4.98 Å². The van der Waals surface area contributed by atoms with E-state index < -0.39 is 0 Å². The fraction of sp³-hybridized carbons (Fsp3) is 0.438. The van der Waals surface area contributed by atoms with Gasteiger partial charge in [0.1, 0.15) is 18.2 Å². The summed E-state index contributed by atoms with van der Waals surface area (Å²) in [6, 6.07) is 7.78. The number of aryl methyl sites for hydroxylation is 1. The van der Waals surface area contributed by atoms with Gasteiger partial charge >= 0.3 is 0 Å². The van der Waals surface area contributed by atoms with Gasteiger partial charge in [0.15, 0.2) is 0 Å². The Kier molecular flexibility index (Phi) is 4.97. The molecule has 5 nitrogen and oxygen atoms in total. The lowest BCUT2D eigenvalue weighted by Crippen LogP contribution is -2.48. The standard InChI is InChI=1S/C16H21ClN4O/c1-20-8-7-19-16(20)15-12-18-6-9-21(15)10-11-22-14-4-2-13(17)3-5-14/h2-5,7-8,15,18H,6,9-12H2,1H3. The van der Waals surface area contributed by atoms with Crippen molar-refractivity contribution in [3.05, 3.63) is 47.5 Å². The van der Waals surface area contributed by atoms with E-state index in [1.54, 1.807) is 0 Å². The van der Waals surface area contributed by atoms with Crippen molar-refractivity contribution in [2.45, 2.75) is 6.04 Å². The Labute approximate surface area is 135 Å². The number of rotatable bonds is 5. The highest BCUT2D eigenvalue weighted by molar-refractivity contribution is 6.30. The summed E-state index contributed by atoms with van der Waals surface area (Å²) < 4.78 is 7.90. The van der Waals surface area contributed by atoms with Crippen molar-refractivity contribution >= 4 is 11.6 Å². The van der Waals surface area contributed by atoms with Gasteiger partial charge in [-0.1, -0.05) is 11.6 Å². The molecule has 1 N–H and O–H groups in total. The number of benzene rings is 1. The van der Waals surface area contributed by atoms with E-state index in [1.807, 2.05) is 43.7 Å². The SMILES string of the molecule is Cn1ccnc1C1CNCCN1CCOc1ccc(Cl)cc1. The fourth-order valence-electron chi connectivity index (χ4n) is 2.78. The molecular formula is C16H21ClN4O. The normalized spacial score (nSPS) is 19.3. The topological polar surface area (TPSA) is 42.3 Å². The molecular weight excluding hydrogens is 300 g/mol. The molecule has 1 atom stereocenters. The monoisotopic (exact) mass is 320 g/mol. The van der Waals surface area contributed by atoms with Crippen LogP contribution in [0.2, 0.25) is 5.02 Å². The van der Waals surface area contributed by atoms with Crippen LogP contribution in [0.25, 0.3) is 0 Å². The lowest BCUT2D eigenvalue weighted by atomic mass is 10.2. The van der Waals surface area contributed by atoms with E-state index >= 15 is 0 Å². The zero-order valence-electron chi connectivity index (χ0n) is 12.7. The average molecular weight is 321 g/mol. The Hall–Kier alpha value is -1.56. The van der Waals surface area contributed by atoms with Crippen LogP contribution in [0.4, 0.5) is 0 Å². The largest absolute Gasteiger partial charge is 0.492 e. The van der Waals surface area contributed by atoms with Crippen LogP contribution >= 0.6 is 11.6 Å². The maximum absolute atomic E-state index is 5.88.